The number of morpholine rings is 1. The van der Waals surface area contributed by atoms with Crippen molar-refractivity contribution in [3.8, 4) is 5.75 Å². The molecular weight excluding hydrogens is 402 g/mol. The number of benzene rings is 2. The standard InChI is InChI=1S/C22H25N3O4S/c1-15(2)29-17-7-5-6-16(14-17)20(26)24-22(30)23-19-9-4-3-8-18(19)21(27)25-10-12-28-13-11-25/h3-9,14-15H,10-13H2,1-2H3,(H2,23,24,26,30). The van der Waals surface area contributed by atoms with Gasteiger partial charge < -0.3 is 19.7 Å². The van der Waals surface area contributed by atoms with E-state index in [-0.39, 0.29) is 23.0 Å². The van der Waals surface area contributed by atoms with E-state index in [0.717, 1.165) is 0 Å². The van der Waals surface area contributed by atoms with Crippen molar-refractivity contribution in [3.05, 3.63) is 59.7 Å². The van der Waals surface area contributed by atoms with Crippen LogP contribution < -0.4 is 15.4 Å². The van der Waals surface area contributed by atoms with Gasteiger partial charge in [-0.05, 0) is 56.4 Å². The smallest absolute Gasteiger partial charge is 0.257 e. The maximum Gasteiger partial charge on any atom is 0.257 e. The molecule has 0 spiro atoms. The molecule has 0 atom stereocenters. The number of carbonyl (C=O) groups is 2. The van der Waals surface area contributed by atoms with Crippen LogP contribution in [0.1, 0.15) is 34.6 Å². The van der Waals surface area contributed by atoms with Gasteiger partial charge in [0.25, 0.3) is 11.8 Å². The Bertz CT molecular complexity index is 926. The molecule has 0 bridgehead atoms. The lowest BCUT2D eigenvalue weighted by molar-refractivity contribution is 0.0303. The third-order valence-corrected chi connectivity index (χ3v) is 4.60. The van der Waals surface area contributed by atoms with Gasteiger partial charge in [-0.2, -0.15) is 0 Å². The number of nitrogens with zero attached hydrogens (tertiary/aromatic N) is 1. The van der Waals surface area contributed by atoms with Gasteiger partial charge in [0.15, 0.2) is 5.11 Å². The summed E-state index contributed by atoms with van der Waals surface area (Å²) in [5.74, 6) is 0.144. The minimum Gasteiger partial charge on any atom is -0.491 e. The van der Waals surface area contributed by atoms with E-state index in [1.54, 1.807) is 53.4 Å². The zero-order valence-corrected chi connectivity index (χ0v) is 17.8. The summed E-state index contributed by atoms with van der Waals surface area (Å²) in [6, 6.07) is 14.0. The third kappa shape index (κ3) is 5.77. The quantitative estimate of drug-likeness (QED) is 0.714. The third-order valence-electron chi connectivity index (χ3n) is 4.40. The minimum absolute atomic E-state index is 0.00607. The predicted molar refractivity (Wildman–Crippen MR) is 119 cm³/mol. The number of amides is 2. The van der Waals surface area contributed by atoms with Crippen molar-refractivity contribution in [2.45, 2.75) is 20.0 Å². The van der Waals surface area contributed by atoms with Crippen LogP contribution in [0.5, 0.6) is 5.75 Å². The van der Waals surface area contributed by atoms with Gasteiger partial charge in [-0.3, -0.25) is 14.9 Å². The van der Waals surface area contributed by atoms with Gasteiger partial charge in [0.05, 0.1) is 30.6 Å². The number of anilines is 1. The molecule has 1 heterocycles. The van der Waals surface area contributed by atoms with Gasteiger partial charge in [-0.25, -0.2) is 0 Å². The maximum atomic E-state index is 12.9. The molecule has 158 valence electrons. The Morgan fingerprint density at radius 2 is 1.83 bits per heavy atom. The minimum atomic E-state index is -0.362. The number of hydrogen-bond donors (Lipinski definition) is 2. The summed E-state index contributed by atoms with van der Waals surface area (Å²) < 4.78 is 10.9. The second-order valence-corrected chi connectivity index (χ2v) is 7.46. The second-order valence-electron chi connectivity index (χ2n) is 7.05. The first-order valence-electron chi connectivity index (χ1n) is 9.79. The average molecular weight is 428 g/mol. The van der Waals surface area contributed by atoms with E-state index in [4.69, 9.17) is 21.7 Å². The van der Waals surface area contributed by atoms with Crippen LogP contribution in [-0.4, -0.2) is 54.2 Å². The van der Waals surface area contributed by atoms with Gasteiger partial charge in [0, 0.05) is 18.7 Å². The summed E-state index contributed by atoms with van der Waals surface area (Å²) in [5, 5.41) is 5.73. The largest absolute Gasteiger partial charge is 0.491 e. The summed E-state index contributed by atoms with van der Waals surface area (Å²) >= 11 is 5.30. The zero-order chi connectivity index (χ0) is 21.5. The maximum absolute atomic E-state index is 12.9. The highest BCUT2D eigenvalue weighted by atomic mass is 32.1. The van der Waals surface area contributed by atoms with Gasteiger partial charge in [0.2, 0.25) is 0 Å². The van der Waals surface area contributed by atoms with E-state index in [0.29, 0.717) is 48.9 Å². The Labute approximate surface area is 181 Å². The number of hydrogen-bond acceptors (Lipinski definition) is 5. The highest BCUT2D eigenvalue weighted by Crippen LogP contribution is 2.19. The Morgan fingerprint density at radius 3 is 2.57 bits per heavy atom. The summed E-state index contributed by atoms with van der Waals surface area (Å²) in [7, 11) is 0. The molecule has 7 nitrogen and oxygen atoms in total. The number of nitrogens with one attached hydrogen (secondary N) is 2. The molecule has 30 heavy (non-hydrogen) atoms. The zero-order valence-electron chi connectivity index (χ0n) is 17.0. The number of carbonyl (C=O) groups excluding carboxylic acids is 2. The Morgan fingerprint density at radius 1 is 1.10 bits per heavy atom. The molecule has 0 saturated carbocycles. The molecule has 2 amide bonds. The molecule has 2 aromatic carbocycles. The predicted octanol–water partition coefficient (Wildman–Crippen LogP) is 3.07. The fraction of sp³-hybridized carbons (Fsp3) is 0.318. The van der Waals surface area contributed by atoms with E-state index >= 15 is 0 Å². The van der Waals surface area contributed by atoms with E-state index < -0.39 is 0 Å². The van der Waals surface area contributed by atoms with E-state index in [2.05, 4.69) is 10.6 Å². The molecule has 0 unspecified atom stereocenters. The van der Waals surface area contributed by atoms with Crippen molar-refractivity contribution < 1.29 is 19.1 Å². The average Bonchev–Trinajstić information content (AvgIpc) is 2.74. The van der Waals surface area contributed by atoms with E-state index in [1.807, 2.05) is 13.8 Å². The number of para-hydroxylation sites is 1. The van der Waals surface area contributed by atoms with Crippen LogP contribution >= 0.6 is 12.2 Å². The molecular formula is C22H25N3O4S. The van der Waals surface area contributed by atoms with Crippen LogP contribution in [0.4, 0.5) is 5.69 Å². The lowest BCUT2D eigenvalue weighted by Crippen LogP contribution is -2.41. The second kappa shape index (κ2) is 10.2. The van der Waals surface area contributed by atoms with Crippen LogP contribution in [0.2, 0.25) is 0 Å². The van der Waals surface area contributed by atoms with Gasteiger partial charge in [0.1, 0.15) is 5.75 Å². The van der Waals surface area contributed by atoms with Crippen molar-refractivity contribution in [2.24, 2.45) is 0 Å². The first-order chi connectivity index (χ1) is 14.4. The Balaban J connectivity index is 1.66. The van der Waals surface area contributed by atoms with Crippen molar-refractivity contribution in [1.82, 2.24) is 10.2 Å². The van der Waals surface area contributed by atoms with Crippen molar-refractivity contribution in [2.75, 3.05) is 31.6 Å². The van der Waals surface area contributed by atoms with Gasteiger partial charge in [-0.1, -0.05) is 18.2 Å². The topological polar surface area (TPSA) is 79.9 Å². The lowest BCUT2D eigenvalue weighted by Gasteiger charge is -2.27. The molecule has 0 aromatic heterocycles. The van der Waals surface area contributed by atoms with Crippen LogP contribution in [0.15, 0.2) is 48.5 Å². The lowest BCUT2D eigenvalue weighted by atomic mass is 10.1. The SMILES string of the molecule is CC(C)Oc1cccc(C(=O)NC(=S)Nc2ccccc2C(=O)N2CCOCC2)c1. The first-order valence-corrected chi connectivity index (χ1v) is 10.2. The highest BCUT2D eigenvalue weighted by molar-refractivity contribution is 7.80. The molecule has 1 saturated heterocycles. The summed E-state index contributed by atoms with van der Waals surface area (Å²) in [5.41, 5.74) is 1.45. The van der Waals surface area contributed by atoms with Crippen molar-refractivity contribution >= 4 is 34.8 Å². The fourth-order valence-corrected chi connectivity index (χ4v) is 3.23. The van der Waals surface area contributed by atoms with E-state index in [9.17, 15) is 9.59 Å². The summed E-state index contributed by atoms with van der Waals surface area (Å²) in [6.45, 7) is 5.97. The van der Waals surface area contributed by atoms with Gasteiger partial charge >= 0.3 is 0 Å². The molecule has 2 aromatic rings. The normalized spacial score (nSPS) is 13.6. The van der Waals surface area contributed by atoms with Crippen LogP contribution in [-0.2, 0) is 4.74 Å². The molecule has 1 fully saturated rings. The van der Waals surface area contributed by atoms with Crippen LogP contribution in [0, 0.1) is 0 Å². The van der Waals surface area contributed by atoms with Crippen molar-refractivity contribution in [3.63, 3.8) is 0 Å². The monoisotopic (exact) mass is 427 g/mol. The molecule has 8 heteroatoms. The van der Waals surface area contributed by atoms with Gasteiger partial charge in [-0.15, -0.1) is 0 Å². The highest BCUT2D eigenvalue weighted by Gasteiger charge is 2.21. The molecule has 0 aliphatic carbocycles. The molecule has 1 aliphatic heterocycles. The first kappa shape index (κ1) is 21.7. The number of ether oxygens (including phenoxy) is 2. The van der Waals surface area contributed by atoms with Crippen LogP contribution in [0.3, 0.4) is 0 Å². The summed E-state index contributed by atoms with van der Waals surface area (Å²) in [4.78, 5) is 27.2. The Kier molecular flexibility index (Phi) is 7.37. The molecule has 3 rings (SSSR count). The number of thiocarbonyl (C=S) groups is 1. The molecule has 0 radical (unpaired) electrons. The fourth-order valence-electron chi connectivity index (χ4n) is 3.03. The molecule has 2 N–H and O–H groups in total. The number of rotatable bonds is 5. The van der Waals surface area contributed by atoms with E-state index in [1.165, 1.54) is 0 Å². The Hall–Kier alpha value is -2.97. The summed E-state index contributed by atoms with van der Waals surface area (Å²) in [6.07, 6.45) is 0.00607. The van der Waals surface area contributed by atoms with Crippen LogP contribution in [0.25, 0.3) is 0 Å². The molecule has 1 aliphatic rings. The van der Waals surface area contributed by atoms with Crippen molar-refractivity contribution in [1.29, 1.82) is 0 Å².